The quantitative estimate of drug-likeness (QED) is 0.584. The van der Waals surface area contributed by atoms with Gasteiger partial charge in [0, 0.05) is 13.0 Å². The van der Waals surface area contributed by atoms with Gasteiger partial charge in [-0.2, -0.15) is 5.26 Å². The van der Waals surface area contributed by atoms with E-state index in [-0.39, 0.29) is 10.6 Å². The summed E-state index contributed by atoms with van der Waals surface area (Å²) < 4.78 is 24.0. The van der Waals surface area contributed by atoms with Gasteiger partial charge in [0.2, 0.25) is 0 Å². The second-order valence-corrected chi connectivity index (χ2v) is 6.48. The fraction of sp³-hybridized carbons (Fsp3) is 0.400. The summed E-state index contributed by atoms with van der Waals surface area (Å²) in [5, 5.41) is 11.8. The van der Waals surface area contributed by atoms with Crippen LogP contribution in [-0.2, 0) is 9.84 Å². The number of sulfone groups is 1. The zero-order chi connectivity index (χ0) is 14.8. The zero-order valence-electron chi connectivity index (χ0n) is 11.3. The fourth-order valence-electron chi connectivity index (χ4n) is 1.66. The van der Waals surface area contributed by atoms with Crippen molar-refractivity contribution in [3.8, 4) is 18.4 Å². The third-order valence-electron chi connectivity index (χ3n) is 2.81. The normalized spacial score (nSPS) is 10.7. The SMILES string of the molecule is C#CCCCCNCCS(=O)(=O)c1ccc(C#N)cc1. The lowest BCUT2D eigenvalue weighted by Gasteiger charge is -2.06. The van der Waals surface area contributed by atoms with Crippen LogP contribution < -0.4 is 5.32 Å². The monoisotopic (exact) mass is 290 g/mol. The van der Waals surface area contributed by atoms with E-state index in [9.17, 15) is 8.42 Å². The predicted molar refractivity (Wildman–Crippen MR) is 78.8 cm³/mol. The summed E-state index contributed by atoms with van der Waals surface area (Å²) in [5.41, 5.74) is 0.454. The first-order chi connectivity index (χ1) is 9.60. The van der Waals surface area contributed by atoms with Gasteiger partial charge < -0.3 is 5.32 Å². The number of terminal acetylenes is 1. The maximum absolute atomic E-state index is 12.0. The molecular formula is C15H18N2O2S. The number of hydrogen-bond acceptors (Lipinski definition) is 4. The van der Waals surface area contributed by atoms with Crippen LogP contribution in [-0.4, -0.2) is 27.3 Å². The van der Waals surface area contributed by atoms with Gasteiger partial charge in [0.1, 0.15) is 0 Å². The largest absolute Gasteiger partial charge is 0.316 e. The second-order valence-electron chi connectivity index (χ2n) is 4.37. The third kappa shape index (κ3) is 5.44. The molecule has 0 unspecified atom stereocenters. The molecule has 0 saturated carbocycles. The molecule has 0 bridgehead atoms. The average Bonchev–Trinajstić information content (AvgIpc) is 2.46. The van der Waals surface area contributed by atoms with Crippen LogP contribution in [0.1, 0.15) is 24.8 Å². The van der Waals surface area contributed by atoms with Gasteiger partial charge in [-0.05, 0) is 43.7 Å². The van der Waals surface area contributed by atoms with Gasteiger partial charge in [-0.3, -0.25) is 0 Å². The molecule has 0 radical (unpaired) electrons. The Kier molecular flexibility index (Phi) is 6.79. The number of unbranched alkanes of at least 4 members (excludes halogenated alkanes) is 2. The van der Waals surface area contributed by atoms with Crippen molar-refractivity contribution in [1.82, 2.24) is 5.32 Å². The number of benzene rings is 1. The number of nitrogens with zero attached hydrogens (tertiary/aromatic N) is 1. The van der Waals surface area contributed by atoms with Crippen molar-refractivity contribution in [2.75, 3.05) is 18.8 Å². The lowest BCUT2D eigenvalue weighted by molar-refractivity contribution is 0.587. The van der Waals surface area contributed by atoms with E-state index < -0.39 is 9.84 Å². The summed E-state index contributed by atoms with van der Waals surface area (Å²) in [6, 6.07) is 7.94. The number of nitrogens with one attached hydrogen (secondary N) is 1. The van der Waals surface area contributed by atoms with Crippen LogP contribution >= 0.6 is 0 Å². The minimum atomic E-state index is -3.29. The van der Waals surface area contributed by atoms with E-state index in [1.54, 1.807) is 0 Å². The lowest BCUT2D eigenvalue weighted by atomic mass is 10.2. The minimum Gasteiger partial charge on any atom is -0.316 e. The third-order valence-corrected chi connectivity index (χ3v) is 4.55. The maximum atomic E-state index is 12.0. The Morgan fingerprint density at radius 2 is 1.85 bits per heavy atom. The van der Waals surface area contributed by atoms with Crippen LogP contribution in [0.25, 0.3) is 0 Å². The molecule has 4 nitrogen and oxygen atoms in total. The lowest BCUT2D eigenvalue weighted by Crippen LogP contribution is -2.24. The zero-order valence-corrected chi connectivity index (χ0v) is 12.1. The summed E-state index contributed by atoms with van der Waals surface area (Å²) in [6.45, 7) is 1.18. The van der Waals surface area contributed by atoms with Crippen molar-refractivity contribution in [3.05, 3.63) is 29.8 Å². The molecule has 0 aliphatic heterocycles. The average molecular weight is 290 g/mol. The molecule has 1 aromatic carbocycles. The van der Waals surface area contributed by atoms with E-state index >= 15 is 0 Å². The van der Waals surface area contributed by atoms with Crippen molar-refractivity contribution in [2.24, 2.45) is 0 Å². The first-order valence-corrected chi connectivity index (χ1v) is 8.12. The Bertz CT molecular complexity index is 592. The Hall–Kier alpha value is -1.82. The molecule has 106 valence electrons. The highest BCUT2D eigenvalue weighted by atomic mass is 32.2. The Labute approximate surface area is 120 Å². The van der Waals surface area contributed by atoms with Crippen LogP contribution in [0.15, 0.2) is 29.2 Å². The first-order valence-electron chi connectivity index (χ1n) is 6.47. The van der Waals surface area contributed by atoms with Gasteiger partial charge >= 0.3 is 0 Å². The van der Waals surface area contributed by atoms with E-state index in [2.05, 4.69) is 11.2 Å². The van der Waals surface area contributed by atoms with Crippen molar-refractivity contribution in [3.63, 3.8) is 0 Å². The summed E-state index contributed by atoms with van der Waals surface area (Å²) in [7, 11) is -3.29. The highest BCUT2D eigenvalue weighted by Gasteiger charge is 2.13. The van der Waals surface area contributed by atoms with Gasteiger partial charge in [0.15, 0.2) is 9.84 Å². The standard InChI is InChI=1S/C15H18N2O2S/c1-2-3-4-5-10-17-11-12-20(18,19)15-8-6-14(13-16)7-9-15/h1,6-9,17H,3-5,10-12H2. The van der Waals surface area contributed by atoms with Crippen molar-refractivity contribution >= 4 is 9.84 Å². The molecule has 0 aliphatic rings. The molecule has 1 rings (SSSR count). The van der Waals surface area contributed by atoms with Crippen molar-refractivity contribution < 1.29 is 8.42 Å². The molecule has 0 saturated heterocycles. The molecule has 0 spiro atoms. The van der Waals surface area contributed by atoms with Gasteiger partial charge in [0.05, 0.1) is 22.3 Å². The number of hydrogen-bond donors (Lipinski definition) is 1. The Morgan fingerprint density at radius 3 is 2.45 bits per heavy atom. The van der Waals surface area contributed by atoms with Gasteiger partial charge in [0.25, 0.3) is 0 Å². The summed E-state index contributed by atoms with van der Waals surface area (Å²) in [6.07, 6.45) is 7.79. The minimum absolute atomic E-state index is 0.0496. The Morgan fingerprint density at radius 1 is 1.15 bits per heavy atom. The van der Waals surface area contributed by atoms with Crippen LogP contribution in [0.4, 0.5) is 0 Å². The topological polar surface area (TPSA) is 70.0 Å². The molecular weight excluding hydrogens is 272 g/mol. The molecule has 0 aliphatic carbocycles. The molecule has 0 fully saturated rings. The van der Waals surface area contributed by atoms with E-state index in [1.807, 2.05) is 6.07 Å². The van der Waals surface area contributed by atoms with Gasteiger partial charge in [-0.25, -0.2) is 8.42 Å². The number of rotatable bonds is 8. The van der Waals surface area contributed by atoms with Crippen molar-refractivity contribution in [1.29, 1.82) is 5.26 Å². The highest BCUT2D eigenvalue weighted by molar-refractivity contribution is 7.91. The summed E-state index contributed by atoms with van der Waals surface area (Å²) in [4.78, 5) is 0.255. The fourth-order valence-corrected chi connectivity index (χ4v) is 2.86. The molecule has 1 N–H and O–H groups in total. The Balaban J connectivity index is 2.38. The number of nitriles is 1. The maximum Gasteiger partial charge on any atom is 0.179 e. The van der Waals surface area contributed by atoms with E-state index in [1.165, 1.54) is 24.3 Å². The van der Waals surface area contributed by atoms with Crippen LogP contribution in [0.3, 0.4) is 0 Å². The van der Waals surface area contributed by atoms with Crippen molar-refractivity contribution in [2.45, 2.75) is 24.2 Å². The molecule has 1 aromatic rings. The van der Waals surface area contributed by atoms with Crippen LogP contribution in [0, 0.1) is 23.7 Å². The molecule has 0 atom stereocenters. The summed E-state index contributed by atoms with van der Waals surface area (Å²) >= 11 is 0. The molecule has 0 aromatic heterocycles. The first kappa shape index (κ1) is 16.2. The molecule has 0 amide bonds. The van der Waals surface area contributed by atoms with Gasteiger partial charge in [-0.15, -0.1) is 12.3 Å². The van der Waals surface area contributed by atoms with Crippen LogP contribution in [0.5, 0.6) is 0 Å². The molecule has 0 heterocycles. The molecule has 5 heteroatoms. The summed E-state index contributed by atoms with van der Waals surface area (Å²) in [5.74, 6) is 2.62. The van der Waals surface area contributed by atoms with Gasteiger partial charge in [-0.1, -0.05) is 0 Å². The predicted octanol–water partition coefficient (Wildman–Crippen LogP) is 1.73. The smallest absolute Gasteiger partial charge is 0.179 e. The van der Waals surface area contributed by atoms with E-state index in [0.29, 0.717) is 12.1 Å². The molecule has 20 heavy (non-hydrogen) atoms. The van der Waals surface area contributed by atoms with E-state index in [0.717, 1.165) is 25.8 Å². The van der Waals surface area contributed by atoms with E-state index in [4.69, 9.17) is 11.7 Å². The van der Waals surface area contributed by atoms with Crippen LogP contribution in [0.2, 0.25) is 0 Å². The second kappa shape index (κ2) is 8.37. The highest BCUT2D eigenvalue weighted by Crippen LogP contribution is 2.11.